The monoisotopic (exact) mass is 401 g/mol. The third-order valence-electron chi connectivity index (χ3n) is 4.46. The minimum atomic E-state index is -3.08. The molecule has 26 heavy (non-hydrogen) atoms. The molecule has 1 fully saturated rings. The summed E-state index contributed by atoms with van der Waals surface area (Å²) in [6, 6.07) is 4.98. The first kappa shape index (κ1) is 20.5. The van der Waals surface area contributed by atoms with Crippen molar-refractivity contribution >= 4 is 39.1 Å². The summed E-state index contributed by atoms with van der Waals surface area (Å²) in [7, 11) is -3.08. The van der Waals surface area contributed by atoms with Gasteiger partial charge in [-0.2, -0.15) is 0 Å². The Morgan fingerprint density at radius 1 is 1.27 bits per heavy atom. The minimum Gasteiger partial charge on any atom is -0.334 e. The van der Waals surface area contributed by atoms with E-state index in [1.807, 2.05) is 13.8 Å². The maximum Gasteiger partial charge on any atom is 0.315 e. The zero-order chi connectivity index (χ0) is 19.3. The molecule has 1 aromatic rings. The Kier molecular flexibility index (Phi) is 6.88. The Bertz CT molecular complexity index is 752. The third kappa shape index (κ3) is 5.88. The molecule has 0 aromatic heterocycles. The number of benzene rings is 1. The maximum absolute atomic E-state index is 12.6. The van der Waals surface area contributed by atoms with Crippen LogP contribution in [-0.4, -0.2) is 43.9 Å². The van der Waals surface area contributed by atoms with Crippen molar-refractivity contribution in [3.8, 4) is 0 Å². The lowest BCUT2D eigenvalue weighted by molar-refractivity contribution is -0.119. The van der Waals surface area contributed by atoms with Crippen molar-refractivity contribution in [1.29, 1.82) is 0 Å². The summed E-state index contributed by atoms with van der Waals surface area (Å²) in [5.74, 6) is -0.425. The Morgan fingerprint density at radius 2 is 1.92 bits per heavy atom. The van der Waals surface area contributed by atoms with E-state index in [0.29, 0.717) is 23.6 Å². The second-order valence-corrected chi connectivity index (χ2v) is 9.24. The molecule has 1 heterocycles. The first-order valence-corrected chi connectivity index (χ1v) is 10.7. The van der Waals surface area contributed by atoms with Gasteiger partial charge >= 0.3 is 6.03 Å². The topological polar surface area (TPSA) is 104 Å². The summed E-state index contributed by atoms with van der Waals surface area (Å²) in [5, 5.41) is 8.64. The van der Waals surface area contributed by atoms with Crippen LogP contribution in [0.25, 0.3) is 0 Å². The molecule has 9 heteroatoms. The minimum absolute atomic E-state index is 0.0641. The highest BCUT2D eigenvalue weighted by Crippen LogP contribution is 2.16. The van der Waals surface area contributed by atoms with E-state index in [-0.39, 0.29) is 23.3 Å². The van der Waals surface area contributed by atoms with Crippen LogP contribution in [0.5, 0.6) is 0 Å². The Labute approximate surface area is 158 Å². The van der Waals surface area contributed by atoms with Crippen LogP contribution >= 0.6 is 11.6 Å². The SMILES string of the molecule is CC[C@@H](C)[C@H](NC(=O)NC1CCS(=O)(=O)C1)C(=O)Nc1ccc(Cl)cc1. The molecular formula is C17H24ClN3O4S. The molecule has 1 aliphatic heterocycles. The number of urea groups is 1. The summed E-state index contributed by atoms with van der Waals surface area (Å²) in [6.45, 7) is 3.79. The lowest BCUT2D eigenvalue weighted by atomic mass is 9.98. The Morgan fingerprint density at radius 3 is 2.46 bits per heavy atom. The van der Waals surface area contributed by atoms with Crippen molar-refractivity contribution in [2.75, 3.05) is 16.8 Å². The summed E-state index contributed by atoms with van der Waals surface area (Å²) in [5.41, 5.74) is 0.580. The average Bonchev–Trinajstić information content (AvgIpc) is 2.92. The van der Waals surface area contributed by atoms with Gasteiger partial charge in [0.25, 0.3) is 0 Å². The molecule has 2 rings (SSSR count). The van der Waals surface area contributed by atoms with Gasteiger partial charge in [-0.25, -0.2) is 13.2 Å². The number of rotatable bonds is 6. The highest BCUT2D eigenvalue weighted by Gasteiger charge is 2.31. The molecule has 0 saturated carbocycles. The van der Waals surface area contributed by atoms with E-state index in [0.717, 1.165) is 0 Å². The van der Waals surface area contributed by atoms with Gasteiger partial charge in [-0.05, 0) is 36.6 Å². The summed E-state index contributed by atoms with van der Waals surface area (Å²) >= 11 is 5.83. The molecule has 0 spiro atoms. The van der Waals surface area contributed by atoms with Crippen molar-refractivity contribution in [2.24, 2.45) is 5.92 Å². The number of halogens is 1. The number of carbonyl (C=O) groups excluding carboxylic acids is 2. The number of hydrogen-bond donors (Lipinski definition) is 3. The summed E-state index contributed by atoms with van der Waals surface area (Å²) < 4.78 is 23.0. The largest absolute Gasteiger partial charge is 0.334 e. The quantitative estimate of drug-likeness (QED) is 0.679. The Hall–Kier alpha value is -1.80. The van der Waals surface area contributed by atoms with Gasteiger partial charge in [-0.1, -0.05) is 31.9 Å². The van der Waals surface area contributed by atoms with Crippen molar-refractivity contribution in [3.63, 3.8) is 0 Å². The van der Waals surface area contributed by atoms with E-state index < -0.39 is 28.0 Å². The molecule has 1 aliphatic rings. The molecule has 144 valence electrons. The van der Waals surface area contributed by atoms with Gasteiger partial charge < -0.3 is 16.0 Å². The lowest BCUT2D eigenvalue weighted by Crippen LogP contribution is -2.53. The molecule has 1 aromatic carbocycles. The van der Waals surface area contributed by atoms with Gasteiger partial charge in [0.2, 0.25) is 5.91 Å². The first-order valence-electron chi connectivity index (χ1n) is 8.54. The van der Waals surface area contributed by atoms with Crippen LogP contribution in [0.1, 0.15) is 26.7 Å². The molecule has 7 nitrogen and oxygen atoms in total. The van der Waals surface area contributed by atoms with E-state index in [4.69, 9.17) is 11.6 Å². The number of sulfone groups is 1. The molecule has 0 aliphatic carbocycles. The zero-order valence-electron chi connectivity index (χ0n) is 14.8. The molecule has 0 radical (unpaired) electrons. The second kappa shape index (κ2) is 8.73. The predicted molar refractivity (Wildman–Crippen MR) is 102 cm³/mol. The number of carbonyl (C=O) groups is 2. The van der Waals surface area contributed by atoms with Crippen molar-refractivity contribution in [2.45, 2.75) is 38.8 Å². The van der Waals surface area contributed by atoms with Crippen LogP contribution in [0.4, 0.5) is 10.5 Å². The molecule has 3 N–H and O–H groups in total. The van der Waals surface area contributed by atoms with Crippen LogP contribution < -0.4 is 16.0 Å². The van der Waals surface area contributed by atoms with Crippen LogP contribution in [0.15, 0.2) is 24.3 Å². The molecule has 1 saturated heterocycles. The Balaban J connectivity index is 1.98. The van der Waals surface area contributed by atoms with E-state index in [9.17, 15) is 18.0 Å². The number of nitrogens with one attached hydrogen (secondary N) is 3. The second-order valence-electron chi connectivity index (χ2n) is 6.58. The highest BCUT2D eigenvalue weighted by molar-refractivity contribution is 7.91. The van der Waals surface area contributed by atoms with E-state index in [1.165, 1.54) is 0 Å². The van der Waals surface area contributed by atoms with Crippen molar-refractivity contribution < 1.29 is 18.0 Å². The summed E-state index contributed by atoms with van der Waals surface area (Å²) in [6.07, 6.45) is 1.08. The third-order valence-corrected chi connectivity index (χ3v) is 6.48. The predicted octanol–water partition coefficient (Wildman–Crippen LogP) is 2.18. The van der Waals surface area contributed by atoms with E-state index >= 15 is 0 Å². The van der Waals surface area contributed by atoms with Gasteiger partial charge in [-0.15, -0.1) is 0 Å². The molecular weight excluding hydrogens is 378 g/mol. The highest BCUT2D eigenvalue weighted by atomic mass is 35.5. The number of amides is 3. The van der Waals surface area contributed by atoms with E-state index in [2.05, 4.69) is 16.0 Å². The van der Waals surface area contributed by atoms with Gasteiger partial charge in [0.15, 0.2) is 9.84 Å². The molecule has 0 bridgehead atoms. The van der Waals surface area contributed by atoms with Crippen molar-refractivity contribution in [3.05, 3.63) is 29.3 Å². The van der Waals surface area contributed by atoms with Crippen LogP contribution in [-0.2, 0) is 14.6 Å². The standard InChI is InChI=1S/C17H24ClN3O4S/c1-3-11(2)15(16(22)19-13-6-4-12(18)5-7-13)21-17(23)20-14-8-9-26(24,25)10-14/h4-7,11,14-15H,3,8-10H2,1-2H3,(H,19,22)(H2,20,21,23)/t11-,14?,15+/m1/s1. The van der Waals surface area contributed by atoms with Gasteiger partial charge in [-0.3, -0.25) is 4.79 Å². The number of anilines is 1. The average molecular weight is 402 g/mol. The van der Waals surface area contributed by atoms with Gasteiger partial charge in [0.1, 0.15) is 6.04 Å². The summed E-state index contributed by atoms with van der Waals surface area (Å²) in [4.78, 5) is 24.8. The van der Waals surface area contributed by atoms with Crippen molar-refractivity contribution in [1.82, 2.24) is 10.6 Å². The van der Waals surface area contributed by atoms with Gasteiger partial charge in [0.05, 0.1) is 11.5 Å². The molecule has 3 amide bonds. The lowest BCUT2D eigenvalue weighted by Gasteiger charge is -2.24. The fourth-order valence-electron chi connectivity index (χ4n) is 2.73. The fraction of sp³-hybridized carbons (Fsp3) is 0.529. The molecule has 1 unspecified atom stereocenters. The van der Waals surface area contributed by atoms with Crippen LogP contribution in [0, 0.1) is 5.92 Å². The van der Waals surface area contributed by atoms with Crippen LogP contribution in [0.3, 0.4) is 0 Å². The fourth-order valence-corrected chi connectivity index (χ4v) is 4.53. The zero-order valence-corrected chi connectivity index (χ0v) is 16.4. The first-order chi connectivity index (χ1) is 12.2. The van der Waals surface area contributed by atoms with E-state index in [1.54, 1.807) is 24.3 Å². The number of hydrogen-bond acceptors (Lipinski definition) is 4. The normalized spacial score (nSPS) is 20.8. The molecule has 3 atom stereocenters. The van der Waals surface area contributed by atoms with Crippen LogP contribution in [0.2, 0.25) is 5.02 Å². The maximum atomic E-state index is 12.6. The van der Waals surface area contributed by atoms with Gasteiger partial charge in [0, 0.05) is 16.8 Å². The smallest absolute Gasteiger partial charge is 0.315 e.